The zero-order valence-corrected chi connectivity index (χ0v) is 13.6. The predicted octanol–water partition coefficient (Wildman–Crippen LogP) is 2.60. The summed E-state index contributed by atoms with van der Waals surface area (Å²) in [6.07, 6.45) is 8.47. The summed E-state index contributed by atoms with van der Waals surface area (Å²) < 4.78 is 2.90. The monoisotopic (exact) mass is 349 g/mol. The molecule has 1 spiro atoms. The molecule has 2 aromatic rings. The molecule has 2 fully saturated rings. The zero-order chi connectivity index (χ0) is 14.3. The third-order valence-corrected chi connectivity index (χ3v) is 5.32. The maximum Gasteiger partial charge on any atom is 0.246 e. The molecular weight excluding hydrogens is 330 g/mol. The molecule has 1 aliphatic heterocycles. The first kappa shape index (κ1) is 13.5. The van der Waals surface area contributed by atoms with Crippen LogP contribution in [0.2, 0.25) is 0 Å². The van der Waals surface area contributed by atoms with Crippen LogP contribution in [0.5, 0.6) is 0 Å². The van der Waals surface area contributed by atoms with Crippen LogP contribution in [0.3, 0.4) is 0 Å². The maximum atomic E-state index is 4.76. The topological polar surface area (TPSA) is 45.5 Å². The van der Waals surface area contributed by atoms with Gasteiger partial charge in [-0.15, -0.1) is 5.10 Å². The molecule has 4 rings (SSSR count). The van der Waals surface area contributed by atoms with E-state index in [1.807, 2.05) is 22.8 Å². The predicted molar refractivity (Wildman–Crippen MR) is 86.7 cm³/mol. The van der Waals surface area contributed by atoms with Crippen LogP contribution in [0.1, 0.15) is 32.1 Å². The molecule has 0 amide bonds. The van der Waals surface area contributed by atoms with Gasteiger partial charge in [-0.25, -0.2) is 4.52 Å². The Kier molecular flexibility index (Phi) is 3.38. The summed E-state index contributed by atoms with van der Waals surface area (Å²) in [5.74, 6) is 0.886. The van der Waals surface area contributed by atoms with E-state index in [0.29, 0.717) is 0 Å². The second-order valence-electron chi connectivity index (χ2n) is 6.18. The quantitative estimate of drug-likeness (QED) is 0.859. The molecule has 0 bridgehead atoms. The summed E-state index contributed by atoms with van der Waals surface area (Å²) in [7, 11) is 0. The Morgan fingerprint density at radius 2 is 2.05 bits per heavy atom. The lowest BCUT2D eigenvalue weighted by Gasteiger charge is -2.49. The van der Waals surface area contributed by atoms with E-state index in [1.165, 1.54) is 32.1 Å². The Morgan fingerprint density at radius 3 is 2.90 bits per heavy atom. The van der Waals surface area contributed by atoms with Crippen molar-refractivity contribution >= 4 is 27.5 Å². The van der Waals surface area contributed by atoms with E-state index < -0.39 is 0 Å². The Labute approximate surface area is 132 Å². The molecular formula is C15H20BrN5. The fourth-order valence-corrected chi connectivity index (χ4v) is 4.10. The van der Waals surface area contributed by atoms with Crippen LogP contribution >= 0.6 is 15.9 Å². The molecule has 21 heavy (non-hydrogen) atoms. The molecule has 6 heteroatoms. The number of aromatic nitrogens is 3. The number of nitrogens with one attached hydrogen (secondary N) is 1. The van der Waals surface area contributed by atoms with E-state index in [1.54, 1.807) is 0 Å². The van der Waals surface area contributed by atoms with Gasteiger partial charge in [0.25, 0.3) is 0 Å². The van der Waals surface area contributed by atoms with Crippen molar-refractivity contribution in [1.29, 1.82) is 0 Å². The molecule has 0 atom stereocenters. The van der Waals surface area contributed by atoms with Crippen LogP contribution in [-0.2, 0) is 0 Å². The van der Waals surface area contributed by atoms with Gasteiger partial charge < -0.3 is 10.2 Å². The van der Waals surface area contributed by atoms with Gasteiger partial charge in [0.2, 0.25) is 5.95 Å². The molecule has 2 aliphatic rings. The molecule has 0 radical (unpaired) electrons. The lowest BCUT2D eigenvalue weighted by Crippen LogP contribution is -2.62. The van der Waals surface area contributed by atoms with Crippen molar-refractivity contribution < 1.29 is 0 Å². The Morgan fingerprint density at radius 1 is 1.19 bits per heavy atom. The van der Waals surface area contributed by atoms with Crippen LogP contribution in [0.15, 0.2) is 22.8 Å². The first-order valence-corrected chi connectivity index (χ1v) is 8.57. The van der Waals surface area contributed by atoms with Gasteiger partial charge in [-0.3, -0.25) is 0 Å². The molecule has 1 saturated heterocycles. The number of hydrogen-bond donors (Lipinski definition) is 1. The SMILES string of the molecule is Brc1ccc2nc(N3CCNCC34CCCCC4)nn2c1. The van der Waals surface area contributed by atoms with Crippen molar-refractivity contribution in [3.63, 3.8) is 0 Å². The summed E-state index contributed by atoms with van der Waals surface area (Å²) in [4.78, 5) is 7.22. The fraction of sp³-hybridized carbons (Fsp3) is 0.600. The van der Waals surface area contributed by atoms with Crippen molar-refractivity contribution in [2.24, 2.45) is 0 Å². The summed E-state index contributed by atoms with van der Waals surface area (Å²) in [5.41, 5.74) is 1.14. The minimum absolute atomic E-state index is 0.221. The minimum Gasteiger partial charge on any atom is -0.331 e. The van der Waals surface area contributed by atoms with Crippen LogP contribution in [0.25, 0.3) is 5.65 Å². The lowest BCUT2D eigenvalue weighted by molar-refractivity contribution is 0.238. The largest absolute Gasteiger partial charge is 0.331 e. The molecule has 1 N–H and O–H groups in total. The number of rotatable bonds is 1. The van der Waals surface area contributed by atoms with E-state index in [0.717, 1.165) is 35.7 Å². The molecule has 0 unspecified atom stereocenters. The average Bonchev–Trinajstić information content (AvgIpc) is 2.91. The summed E-state index contributed by atoms with van der Waals surface area (Å²) in [6, 6.07) is 4.03. The van der Waals surface area contributed by atoms with E-state index in [2.05, 4.69) is 26.1 Å². The number of piperazine rings is 1. The number of anilines is 1. The molecule has 1 aliphatic carbocycles. The highest BCUT2D eigenvalue weighted by Crippen LogP contribution is 2.36. The molecule has 3 heterocycles. The molecule has 5 nitrogen and oxygen atoms in total. The zero-order valence-electron chi connectivity index (χ0n) is 12.1. The average molecular weight is 350 g/mol. The van der Waals surface area contributed by atoms with E-state index in [-0.39, 0.29) is 5.54 Å². The number of hydrogen-bond acceptors (Lipinski definition) is 4. The first-order chi connectivity index (χ1) is 10.3. The molecule has 0 aromatic carbocycles. The van der Waals surface area contributed by atoms with Crippen LogP contribution in [0.4, 0.5) is 5.95 Å². The van der Waals surface area contributed by atoms with Gasteiger partial charge in [0.1, 0.15) is 0 Å². The number of nitrogens with zero attached hydrogens (tertiary/aromatic N) is 4. The van der Waals surface area contributed by atoms with E-state index in [9.17, 15) is 0 Å². The van der Waals surface area contributed by atoms with Crippen molar-refractivity contribution in [2.75, 3.05) is 24.5 Å². The number of fused-ring (bicyclic) bond motifs is 1. The van der Waals surface area contributed by atoms with Gasteiger partial charge in [-0.05, 0) is 40.9 Å². The van der Waals surface area contributed by atoms with Crippen LogP contribution in [-0.4, -0.2) is 39.8 Å². The van der Waals surface area contributed by atoms with Crippen LogP contribution < -0.4 is 10.2 Å². The summed E-state index contributed by atoms with van der Waals surface area (Å²) >= 11 is 3.50. The third kappa shape index (κ3) is 2.34. The fourth-order valence-electron chi connectivity index (χ4n) is 3.77. The van der Waals surface area contributed by atoms with Crippen LogP contribution in [0, 0.1) is 0 Å². The normalized spacial score (nSPS) is 22.0. The smallest absolute Gasteiger partial charge is 0.246 e. The highest BCUT2D eigenvalue weighted by Gasteiger charge is 2.41. The second-order valence-corrected chi connectivity index (χ2v) is 7.09. The first-order valence-electron chi connectivity index (χ1n) is 7.77. The number of pyridine rings is 1. The van der Waals surface area contributed by atoms with Crippen molar-refractivity contribution in [3.05, 3.63) is 22.8 Å². The van der Waals surface area contributed by atoms with Gasteiger partial charge >= 0.3 is 0 Å². The van der Waals surface area contributed by atoms with E-state index >= 15 is 0 Å². The second kappa shape index (κ2) is 5.25. The molecule has 112 valence electrons. The standard InChI is InChI=1S/C15H20BrN5/c16-12-4-5-13-18-14(19-21(13)10-12)20-9-8-17-11-15(20)6-2-1-3-7-15/h4-5,10,17H,1-3,6-9,11H2. The third-order valence-electron chi connectivity index (χ3n) is 4.85. The minimum atomic E-state index is 0.221. The van der Waals surface area contributed by atoms with Gasteiger partial charge in [-0.1, -0.05) is 19.3 Å². The Hall–Kier alpha value is -1.14. The number of halogens is 1. The van der Waals surface area contributed by atoms with Gasteiger partial charge in [-0.2, -0.15) is 4.98 Å². The Bertz CT molecular complexity index is 638. The molecule has 1 saturated carbocycles. The Balaban J connectivity index is 1.74. The molecule has 2 aromatic heterocycles. The maximum absolute atomic E-state index is 4.76. The van der Waals surface area contributed by atoms with Gasteiger partial charge in [0, 0.05) is 30.3 Å². The van der Waals surface area contributed by atoms with Crippen molar-refractivity contribution in [1.82, 2.24) is 19.9 Å². The van der Waals surface area contributed by atoms with E-state index in [4.69, 9.17) is 10.1 Å². The van der Waals surface area contributed by atoms with Crippen molar-refractivity contribution in [2.45, 2.75) is 37.6 Å². The highest BCUT2D eigenvalue weighted by molar-refractivity contribution is 9.10. The highest BCUT2D eigenvalue weighted by atomic mass is 79.9. The summed E-state index contributed by atoms with van der Waals surface area (Å²) in [6.45, 7) is 3.07. The lowest BCUT2D eigenvalue weighted by atomic mass is 9.79. The summed E-state index contributed by atoms with van der Waals surface area (Å²) in [5, 5.41) is 8.30. The van der Waals surface area contributed by atoms with Gasteiger partial charge in [0.05, 0.1) is 5.54 Å². The van der Waals surface area contributed by atoms with Gasteiger partial charge in [0.15, 0.2) is 5.65 Å². The van der Waals surface area contributed by atoms with Crippen molar-refractivity contribution in [3.8, 4) is 0 Å².